The number of aromatic nitrogens is 2. The first-order valence-corrected chi connectivity index (χ1v) is 5.85. The highest BCUT2D eigenvalue weighted by Crippen LogP contribution is 2.31. The number of hydrogen-bond donors (Lipinski definition) is 0. The number of benzene rings is 1. The summed E-state index contributed by atoms with van der Waals surface area (Å²) >= 11 is 0. The predicted octanol–water partition coefficient (Wildman–Crippen LogP) is 4.22. The van der Waals surface area contributed by atoms with Crippen LogP contribution in [-0.2, 0) is 6.18 Å². The maximum absolute atomic E-state index is 12.6. The maximum atomic E-state index is 12.6. The fourth-order valence-electron chi connectivity index (χ4n) is 1.92. The van der Waals surface area contributed by atoms with Crippen molar-refractivity contribution < 1.29 is 17.6 Å². The smallest absolute Gasteiger partial charge is 0.433 e. The summed E-state index contributed by atoms with van der Waals surface area (Å²) in [6.07, 6.45) is -3.44. The highest BCUT2D eigenvalue weighted by atomic mass is 19.4. The Morgan fingerprint density at radius 2 is 1.90 bits per heavy atom. The zero-order chi connectivity index (χ0) is 14.3. The van der Waals surface area contributed by atoms with Crippen LogP contribution in [0.2, 0.25) is 0 Å². The van der Waals surface area contributed by atoms with Gasteiger partial charge in [-0.3, -0.25) is 0 Å². The van der Waals surface area contributed by atoms with Gasteiger partial charge in [-0.2, -0.15) is 13.2 Å². The molecule has 3 rings (SSSR count). The third kappa shape index (κ3) is 2.13. The van der Waals surface area contributed by atoms with E-state index in [9.17, 15) is 13.2 Å². The van der Waals surface area contributed by atoms with E-state index >= 15 is 0 Å². The Labute approximate surface area is 112 Å². The van der Waals surface area contributed by atoms with Crippen molar-refractivity contribution in [2.24, 2.45) is 0 Å². The molecule has 0 aliphatic carbocycles. The highest BCUT2D eigenvalue weighted by molar-refractivity contribution is 5.76. The van der Waals surface area contributed by atoms with Gasteiger partial charge in [-0.15, -0.1) is 0 Å². The molecule has 0 amide bonds. The second-order valence-electron chi connectivity index (χ2n) is 4.37. The summed E-state index contributed by atoms with van der Waals surface area (Å²) in [5.41, 5.74) is 1.08. The van der Waals surface area contributed by atoms with Crippen LogP contribution in [0.5, 0.6) is 0 Å². The monoisotopic (exact) mass is 278 g/mol. The molecule has 0 radical (unpaired) electrons. The van der Waals surface area contributed by atoms with Gasteiger partial charge in [-0.1, -0.05) is 18.2 Å². The number of alkyl halides is 3. The molecule has 1 aromatic carbocycles. The normalized spacial score (nSPS) is 12.0. The summed E-state index contributed by atoms with van der Waals surface area (Å²) in [6.45, 7) is 1.88. The van der Waals surface area contributed by atoms with Crippen molar-refractivity contribution >= 4 is 11.1 Å². The minimum absolute atomic E-state index is 0.144. The third-order valence-corrected chi connectivity index (χ3v) is 2.94. The van der Waals surface area contributed by atoms with Crippen LogP contribution >= 0.6 is 0 Å². The second-order valence-corrected chi connectivity index (χ2v) is 4.37. The fourth-order valence-corrected chi connectivity index (χ4v) is 1.92. The quantitative estimate of drug-likeness (QED) is 0.669. The van der Waals surface area contributed by atoms with E-state index in [2.05, 4.69) is 9.97 Å². The maximum Gasteiger partial charge on any atom is 0.433 e. The third-order valence-electron chi connectivity index (χ3n) is 2.94. The first-order chi connectivity index (χ1) is 9.45. The molecule has 0 fully saturated rings. The molecule has 0 bridgehead atoms. The van der Waals surface area contributed by atoms with E-state index in [0.717, 1.165) is 23.4 Å². The highest BCUT2D eigenvalue weighted by Gasteiger charge is 2.33. The van der Waals surface area contributed by atoms with Crippen molar-refractivity contribution in [1.82, 2.24) is 9.97 Å². The van der Waals surface area contributed by atoms with Crippen molar-refractivity contribution in [3.63, 3.8) is 0 Å². The van der Waals surface area contributed by atoms with E-state index in [-0.39, 0.29) is 11.1 Å². The van der Waals surface area contributed by atoms with Crippen LogP contribution in [0.25, 0.3) is 22.6 Å². The number of hydrogen-bond acceptors (Lipinski definition) is 3. The summed E-state index contributed by atoms with van der Waals surface area (Å²) in [4.78, 5) is 7.46. The van der Waals surface area contributed by atoms with Gasteiger partial charge in [0.05, 0.1) is 6.20 Å². The second kappa shape index (κ2) is 4.33. The molecule has 0 saturated heterocycles. The summed E-state index contributed by atoms with van der Waals surface area (Å²) in [7, 11) is 0. The van der Waals surface area contributed by atoms with Crippen molar-refractivity contribution in [2.45, 2.75) is 13.1 Å². The first kappa shape index (κ1) is 12.7. The van der Waals surface area contributed by atoms with Crippen LogP contribution in [0.4, 0.5) is 13.2 Å². The number of aryl methyl sites for hydroxylation is 1. The van der Waals surface area contributed by atoms with Gasteiger partial charge in [0.15, 0.2) is 5.58 Å². The van der Waals surface area contributed by atoms with Gasteiger partial charge in [0.25, 0.3) is 0 Å². The Balaban J connectivity index is 2.14. The Morgan fingerprint density at radius 1 is 1.15 bits per heavy atom. The van der Waals surface area contributed by atoms with Crippen LogP contribution in [-0.4, -0.2) is 9.97 Å². The van der Waals surface area contributed by atoms with Gasteiger partial charge in [-0.05, 0) is 24.6 Å². The van der Waals surface area contributed by atoms with Gasteiger partial charge in [0.1, 0.15) is 11.2 Å². The molecule has 0 aliphatic heterocycles. The van der Waals surface area contributed by atoms with Crippen molar-refractivity contribution in [3.05, 3.63) is 47.8 Å². The SMILES string of the molecule is Cc1ccccc1-c1nc2cc(C(F)(F)F)ncc2o1. The summed E-state index contributed by atoms with van der Waals surface area (Å²) < 4.78 is 43.2. The summed E-state index contributed by atoms with van der Waals surface area (Å²) in [6, 6.07) is 8.25. The summed E-state index contributed by atoms with van der Waals surface area (Å²) in [5.74, 6) is 0.291. The van der Waals surface area contributed by atoms with Crippen LogP contribution in [0.1, 0.15) is 11.3 Å². The summed E-state index contributed by atoms with van der Waals surface area (Å²) in [5, 5.41) is 0. The zero-order valence-corrected chi connectivity index (χ0v) is 10.4. The number of fused-ring (bicyclic) bond motifs is 1. The lowest BCUT2D eigenvalue weighted by molar-refractivity contribution is -0.141. The van der Waals surface area contributed by atoms with E-state index in [1.807, 2.05) is 25.1 Å². The Bertz CT molecular complexity index is 777. The lowest BCUT2D eigenvalue weighted by atomic mass is 10.1. The Kier molecular flexibility index (Phi) is 2.74. The first-order valence-electron chi connectivity index (χ1n) is 5.85. The molecule has 3 nitrogen and oxygen atoms in total. The van der Waals surface area contributed by atoms with Crippen molar-refractivity contribution in [2.75, 3.05) is 0 Å². The van der Waals surface area contributed by atoms with E-state index in [1.54, 1.807) is 6.07 Å². The molecule has 0 atom stereocenters. The van der Waals surface area contributed by atoms with Gasteiger partial charge in [0.2, 0.25) is 5.89 Å². The van der Waals surface area contributed by atoms with Gasteiger partial charge < -0.3 is 4.42 Å². The standard InChI is InChI=1S/C14H9F3N2O/c1-8-4-2-3-5-9(8)13-19-10-6-12(14(15,16)17)18-7-11(10)20-13/h2-7H,1H3. The Hall–Kier alpha value is -2.37. The Morgan fingerprint density at radius 3 is 2.60 bits per heavy atom. The average Bonchev–Trinajstić information content (AvgIpc) is 2.80. The van der Waals surface area contributed by atoms with Crippen LogP contribution in [0.3, 0.4) is 0 Å². The number of nitrogens with zero attached hydrogens (tertiary/aromatic N) is 2. The number of rotatable bonds is 1. The molecule has 2 heterocycles. The molecular weight excluding hydrogens is 269 g/mol. The van der Waals surface area contributed by atoms with Gasteiger partial charge in [0, 0.05) is 5.56 Å². The molecule has 102 valence electrons. The number of pyridine rings is 1. The molecule has 2 aromatic heterocycles. The predicted molar refractivity (Wildman–Crippen MR) is 67.0 cm³/mol. The fraction of sp³-hybridized carbons (Fsp3) is 0.143. The van der Waals surface area contributed by atoms with Gasteiger partial charge >= 0.3 is 6.18 Å². The van der Waals surface area contributed by atoms with Crippen LogP contribution in [0, 0.1) is 6.92 Å². The van der Waals surface area contributed by atoms with Crippen molar-refractivity contribution in [3.8, 4) is 11.5 Å². The molecule has 20 heavy (non-hydrogen) atoms. The average molecular weight is 278 g/mol. The minimum Gasteiger partial charge on any atom is -0.434 e. The molecule has 0 N–H and O–H groups in total. The zero-order valence-electron chi connectivity index (χ0n) is 10.4. The lowest BCUT2D eigenvalue weighted by Gasteiger charge is -2.03. The van der Waals surface area contributed by atoms with E-state index in [4.69, 9.17) is 4.42 Å². The van der Waals surface area contributed by atoms with E-state index in [1.165, 1.54) is 0 Å². The molecule has 0 saturated carbocycles. The van der Waals surface area contributed by atoms with Gasteiger partial charge in [-0.25, -0.2) is 9.97 Å². The largest absolute Gasteiger partial charge is 0.434 e. The van der Waals surface area contributed by atoms with Crippen LogP contribution < -0.4 is 0 Å². The molecule has 6 heteroatoms. The van der Waals surface area contributed by atoms with Crippen molar-refractivity contribution in [1.29, 1.82) is 0 Å². The molecule has 0 unspecified atom stereocenters. The minimum atomic E-state index is -4.49. The molecule has 0 aliphatic rings. The van der Waals surface area contributed by atoms with E-state index in [0.29, 0.717) is 5.89 Å². The van der Waals surface area contributed by atoms with E-state index < -0.39 is 11.9 Å². The molecule has 0 spiro atoms. The molecular formula is C14H9F3N2O. The number of halogens is 3. The van der Waals surface area contributed by atoms with Crippen LogP contribution in [0.15, 0.2) is 40.9 Å². The molecule has 3 aromatic rings. The lowest BCUT2D eigenvalue weighted by Crippen LogP contribution is -2.07. The topological polar surface area (TPSA) is 38.9 Å². The number of oxazole rings is 1.